The number of carbonyl (C=O) groups excluding carboxylic acids is 1. The van der Waals surface area contributed by atoms with E-state index >= 15 is 0 Å². The molecule has 0 radical (unpaired) electrons. The number of halogens is 1. The van der Waals surface area contributed by atoms with Gasteiger partial charge < -0.3 is 20.9 Å². The number of nitrogens with two attached hydrogens (primary N) is 1. The summed E-state index contributed by atoms with van der Waals surface area (Å²) in [5, 5.41) is 3.49. The number of hydrogen-bond acceptors (Lipinski definition) is 3. The molecule has 0 bridgehead atoms. The number of piperidine rings is 1. The molecule has 1 aliphatic rings. The number of hydrogen-bond donors (Lipinski definition) is 2. The summed E-state index contributed by atoms with van der Waals surface area (Å²) >= 11 is 0. The van der Waals surface area contributed by atoms with Crippen molar-refractivity contribution in [3.63, 3.8) is 0 Å². The van der Waals surface area contributed by atoms with Crippen LogP contribution < -0.4 is 16.0 Å². The first-order valence-electron chi connectivity index (χ1n) is 9.59. The maximum absolute atomic E-state index is 11.2. The second-order valence-electron chi connectivity index (χ2n) is 6.96. The number of likely N-dealkylation sites (tertiary alicyclic amines) is 1. The van der Waals surface area contributed by atoms with E-state index in [1.54, 1.807) is 0 Å². The van der Waals surface area contributed by atoms with Gasteiger partial charge in [0.15, 0.2) is 5.96 Å². The van der Waals surface area contributed by atoms with Crippen molar-refractivity contribution in [2.75, 3.05) is 44.7 Å². The van der Waals surface area contributed by atoms with Gasteiger partial charge in [0.1, 0.15) is 0 Å². The van der Waals surface area contributed by atoms with Gasteiger partial charge in [-0.15, -0.1) is 24.0 Å². The van der Waals surface area contributed by atoms with E-state index in [0.717, 1.165) is 51.5 Å². The van der Waals surface area contributed by atoms with Crippen molar-refractivity contribution in [2.24, 2.45) is 16.6 Å². The molecule has 1 atom stereocenters. The van der Waals surface area contributed by atoms with Crippen LogP contribution >= 0.6 is 24.0 Å². The van der Waals surface area contributed by atoms with Gasteiger partial charge in [-0.25, -0.2) is 0 Å². The molecule has 1 aromatic rings. The summed E-state index contributed by atoms with van der Waals surface area (Å²) < 4.78 is 0. The smallest absolute Gasteiger partial charge is 0.217 e. The van der Waals surface area contributed by atoms with Crippen LogP contribution in [0.15, 0.2) is 29.3 Å². The van der Waals surface area contributed by atoms with E-state index in [4.69, 9.17) is 5.73 Å². The van der Waals surface area contributed by atoms with Gasteiger partial charge in [0.2, 0.25) is 5.91 Å². The lowest BCUT2D eigenvalue weighted by atomic mass is 9.95. The summed E-state index contributed by atoms with van der Waals surface area (Å²) in [5.41, 5.74) is 7.94. The number of likely N-dealkylation sites (N-methyl/N-ethyl adjacent to an activating group) is 1. The molecular formula is C20H34IN5O. The van der Waals surface area contributed by atoms with Gasteiger partial charge in [-0.1, -0.05) is 18.2 Å². The van der Waals surface area contributed by atoms with Crippen molar-refractivity contribution < 1.29 is 4.79 Å². The lowest BCUT2D eigenvalue weighted by Gasteiger charge is -2.35. The maximum Gasteiger partial charge on any atom is 0.217 e. The quantitative estimate of drug-likeness (QED) is 0.353. The summed E-state index contributed by atoms with van der Waals surface area (Å²) in [7, 11) is 1.82. The minimum atomic E-state index is -0.211. The maximum atomic E-state index is 11.2. The number of benzene rings is 1. The van der Waals surface area contributed by atoms with Crippen molar-refractivity contribution in [3.05, 3.63) is 29.8 Å². The minimum Gasteiger partial charge on any atom is -0.370 e. The van der Waals surface area contributed by atoms with E-state index in [0.29, 0.717) is 12.3 Å². The zero-order valence-corrected chi connectivity index (χ0v) is 19.1. The number of amides is 1. The topological polar surface area (TPSA) is 74.0 Å². The molecule has 2 rings (SSSR count). The highest BCUT2D eigenvalue weighted by molar-refractivity contribution is 14.0. The van der Waals surface area contributed by atoms with Gasteiger partial charge in [-0.3, -0.25) is 9.79 Å². The number of aryl methyl sites for hydroxylation is 1. The molecule has 27 heavy (non-hydrogen) atoms. The summed E-state index contributed by atoms with van der Waals surface area (Å²) in [6, 6.07) is 8.49. The predicted octanol–water partition coefficient (Wildman–Crippen LogP) is 2.60. The molecular weight excluding hydrogens is 453 g/mol. The van der Waals surface area contributed by atoms with E-state index in [2.05, 4.69) is 58.2 Å². The molecule has 3 N–H and O–H groups in total. The molecule has 1 unspecified atom stereocenters. The largest absolute Gasteiger partial charge is 0.370 e. The first kappa shape index (κ1) is 23.5. The summed E-state index contributed by atoms with van der Waals surface area (Å²) in [5.74, 6) is 1.04. The standard InChI is InChI=1S/C20H33N5O.HI/c1-4-24(18-10-6-5-8-16(18)2)13-11-23-20(22-3)25-12-7-9-17(15-25)14-19(21)26;/h5-6,8,10,17H,4,7,9,11-15H2,1-3H3,(H2,21,26)(H,22,23);1H. The third-order valence-corrected chi connectivity index (χ3v) is 5.02. The van der Waals surface area contributed by atoms with Crippen LogP contribution in [0.5, 0.6) is 0 Å². The molecule has 1 amide bonds. The van der Waals surface area contributed by atoms with Crippen molar-refractivity contribution in [1.29, 1.82) is 0 Å². The van der Waals surface area contributed by atoms with Crippen LogP contribution in [0.4, 0.5) is 5.69 Å². The predicted molar refractivity (Wildman–Crippen MR) is 124 cm³/mol. The zero-order valence-electron chi connectivity index (χ0n) is 16.8. The Labute approximate surface area is 180 Å². The second kappa shape index (κ2) is 12.0. The fourth-order valence-electron chi connectivity index (χ4n) is 3.71. The number of anilines is 1. The van der Waals surface area contributed by atoms with E-state index in [1.165, 1.54) is 11.3 Å². The van der Waals surface area contributed by atoms with Crippen molar-refractivity contribution in [3.8, 4) is 0 Å². The number of primary amides is 1. The molecule has 1 fully saturated rings. The lowest BCUT2D eigenvalue weighted by Crippen LogP contribution is -2.48. The van der Waals surface area contributed by atoms with Gasteiger partial charge in [-0.2, -0.15) is 0 Å². The van der Waals surface area contributed by atoms with Crippen LogP contribution in [-0.4, -0.2) is 56.5 Å². The molecule has 1 aromatic carbocycles. The van der Waals surface area contributed by atoms with Crippen LogP contribution in [0.25, 0.3) is 0 Å². The van der Waals surface area contributed by atoms with Crippen LogP contribution in [0.1, 0.15) is 31.7 Å². The van der Waals surface area contributed by atoms with E-state index < -0.39 is 0 Å². The van der Waals surface area contributed by atoms with Gasteiger partial charge in [-0.05, 0) is 44.2 Å². The van der Waals surface area contributed by atoms with Crippen LogP contribution in [0.2, 0.25) is 0 Å². The van der Waals surface area contributed by atoms with Crippen LogP contribution in [0, 0.1) is 12.8 Å². The molecule has 1 aliphatic heterocycles. The molecule has 0 spiro atoms. The normalized spacial score (nSPS) is 17.2. The SMILES string of the molecule is CCN(CCNC(=NC)N1CCCC(CC(N)=O)C1)c1ccccc1C.I. The molecule has 0 aromatic heterocycles. The minimum absolute atomic E-state index is 0. The Morgan fingerprint density at radius 2 is 2.15 bits per heavy atom. The first-order valence-corrected chi connectivity index (χ1v) is 9.59. The average Bonchev–Trinajstić information content (AvgIpc) is 2.62. The number of carbonyl (C=O) groups is 1. The van der Waals surface area contributed by atoms with E-state index in [-0.39, 0.29) is 29.9 Å². The Morgan fingerprint density at radius 3 is 2.78 bits per heavy atom. The Bertz CT molecular complexity index is 622. The average molecular weight is 487 g/mol. The van der Waals surface area contributed by atoms with Gasteiger partial charge >= 0.3 is 0 Å². The fraction of sp³-hybridized carbons (Fsp3) is 0.600. The van der Waals surface area contributed by atoms with Gasteiger partial charge in [0.25, 0.3) is 0 Å². The number of nitrogens with zero attached hydrogens (tertiary/aromatic N) is 3. The second-order valence-corrected chi connectivity index (χ2v) is 6.96. The first-order chi connectivity index (χ1) is 12.5. The number of aliphatic imine (C=N–C) groups is 1. The summed E-state index contributed by atoms with van der Waals surface area (Å²) in [4.78, 5) is 20.3. The molecule has 6 nitrogen and oxygen atoms in total. The summed E-state index contributed by atoms with van der Waals surface area (Å²) in [6.45, 7) is 8.86. The number of rotatable bonds is 7. The fourth-order valence-corrected chi connectivity index (χ4v) is 3.71. The molecule has 7 heteroatoms. The van der Waals surface area contributed by atoms with Gasteiger partial charge in [0, 0.05) is 51.9 Å². The number of nitrogens with one attached hydrogen (secondary N) is 1. The monoisotopic (exact) mass is 487 g/mol. The molecule has 152 valence electrons. The van der Waals surface area contributed by atoms with Crippen LogP contribution in [0.3, 0.4) is 0 Å². The third-order valence-electron chi connectivity index (χ3n) is 5.02. The molecule has 0 aliphatic carbocycles. The van der Waals surface area contributed by atoms with Crippen LogP contribution in [-0.2, 0) is 4.79 Å². The van der Waals surface area contributed by atoms with E-state index in [9.17, 15) is 4.79 Å². The third kappa shape index (κ3) is 7.20. The molecule has 1 saturated heterocycles. The number of guanidine groups is 1. The Hall–Kier alpha value is -1.51. The lowest BCUT2D eigenvalue weighted by molar-refractivity contribution is -0.119. The Kier molecular flexibility index (Phi) is 10.5. The highest BCUT2D eigenvalue weighted by Gasteiger charge is 2.23. The van der Waals surface area contributed by atoms with Crippen molar-refractivity contribution >= 4 is 41.5 Å². The Balaban J connectivity index is 0.00000364. The molecule has 0 saturated carbocycles. The summed E-state index contributed by atoms with van der Waals surface area (Å²) in [6.07, 6.45) is 2.60. The van der Waals surface area contributed by atoms with Crippen molar-refractivity contribution in [1.82, 2.24) is 10.2 Å². The number of para-hydroxylation sites is 1. The molecule has 1 heterocycles. The highest BCUT2D eigenvalue weighted by atomic mass is 127. The van der Waals surface area contributed by atoms with E-state index in [1.807, 2.05) is 7.05 Å². The Morgan fingerprint density at radius 1 is 1.41 bits per heavy atom. The van der Waals surface area contributed by atoms with Crippen molar-refractivity contribution in [2.45, 2.75) is 33.1 Å². The highest BCUT2D eigenvalue weighted by Crippen LogP contribution is 2.20. The van der Waals surface area contributed by atoms with Gasteiger partial charge in [0.05, 0.1) is 0 Å². The zero-order chi connectivity index (χ0) is 18.9.